The van der Waals surface area contributed by atoms with Crippen LogP contribution in [0.2, 0.25) is 0 Å². The zero-order valence-corrected chi connectivity index (χ0v) is 19.9. The average molecular weight is 470 g/mol. The van der Waals surface area contributed by atoms with Gasteiger partial charge in [-0.1, -0.05) is 41.2 Å². The van der Waals surface area contributed by atoms with Gasteiger partial charge in [0.1, 0.15) is 5.75 Å². The van der Waals surface area contributed by atoms with Crippen molar-refractivity contribution in [3.63, 3.8) is 0 Å². The van der Waals surface area contributed by atoms with Crippen molar-refractivity contribution < 1.29 is 9.53 Å². The molecule has 0 fully saturated rings. The lowest BCUT2D eigenvalue weighted by atomic mass is 10.1. The number of nitrogens with zero attached hydrogens (tertiary/aromatic N) is 2. The number of thiazole rings is 1. The van der Waals surface area contributed by atoms with Crippen LogP contribution < -0.4 is 20.1 Å². The number of carbonyl (C=O) groups is 1. The summed E-state index contributed by atoms with van der Waals surface area (Å²) in [6.07, 6.45) is 1.85. The minimum Gasteiger partial charge on any atom is -0.484 e. The molecule has 1 amide bonds. The molecule has 2 aromatic heterocycles. The summed E-state index contributed by atoms with van der Waals surface area (Å²) >= 11 is 1.38. The Kier molecular flexibility index (Phi) is 5.63. The fourth-order valence-corrected chi connectivity index (χ4v) is 4.70. The van der Waals surface area contributed by atoms with Gasteiger partial charge in [0.05, 0.1) is 15.6 Å². The monoisotopic (exact) mass is 469 g/mol. The molecule has 0 bridgehead atoms. The summed E-state index contributed by atoms with van der Waals surface area (Å²) in [5.74, 6) is 0.353. The van der Waals surface area contributed by atoms with Gasteiger partial charge in [0, 0.05) is 5.69 Å². The van der Waals surface area contributed by atoms with Gasteiger partial charge in [-0.3, -0.25) is 9.59 Å². The standard InChI is InChI=1S/C27H23N3O3S/c1-16-4-8-20(9-5-16)28-25(31)15-33-21-10-6-19(7-11-21)14-24-26(32)30-23-13-18(3)17(2)12-22(23)29-27(30)34-24/h4-14H,15H2,1-3H3,(H,28,31)/b24-14-. The molecule has 0 radical (unpaired) electrons. The number of imidazole rings is 1. The third-order valence-corrected chi connectivity index (χ3v) is 6.71. The molecule has 0 spiro atoms. The smallest absolute Gasteiger partial charge is 0.274 e. The molecule has 6 nitrogen and oxygen atoms in total. The summed E-state index contributed by atoms with van der Waals surface area (Å²) in [5, 5.41) is 2.81. The van der Waals surface area contributed by atoms with Gasteiger partial charge in [0.2, 0.25) is 0 Å². The van der Waals surface area contributed by atoms with Gasteiger partial charge in [-0.05, 0) is 79.9 Å². The van der Waals surface area contributed by atoms with E-state index in [9.17, 15) is 9.59 Å². The van der Waals surface area contributed by atoms with Crippen molar-refractivity contribution >= 4 is 45.0 Å². The molecule has 0 aliphatic carbocycles. The van der Waals surface area contributed by atoms with Gasteiger partial charge in [-0.25, -0.2) is 9.38 Å². The first kappa shape index (κ1) is 21.9. The quantitative estimate of drug-likeness (QED) is 0.414. The molecule has 1 N–H and O–H groups in total. The Labute approximate surface area is 200 Å². The van der Waals surface area contributed by atoms with Crippen LogP contribution in [0.4, 0.5) is 5.69 Å². The first-order valence-electron chi connectivity index (χ1n) is 10.9. The van der Waals surface area contributed by atoms with E-state index in [0.29, 0.717) is 15.2 Å². The first-order chi connectivity index (χ1) is 16.4. The fraction of sp³-hybridized carbons (Fsp3) is 0.148. The third-order valence-electron chi connectivity index (χ3n) is 5.74. The molecule has 0 aliphatic rings. The number of ether oxygens (including phenoxy) is 1. The number of rotatable bonds is 5. The van der Waals surface area contributed by atoms with E-state index < -0.39 is 0 Å². The van der Waals surface area contributed by atoms with Gasteiger partial charge in [0.25, 0.3) is 11.5 Å². The van der Waals surface area contributed by atoms with E-state index in [4.69, 9.17) is 4.74 Å². The summed E-state index contributed by atoms with van der Waals surface area (Å²) in [6, 6.07) is 18.9. The maximum absolute atomic E-state index is 13.1. The van der Waals surface area contributed by atoms with Crippen molar-refractivity contribution in [1.29, 1.82) is 0 Å². The highest BCUT2D eigenvalue weighted by atomic mass is 32.1. The van der Waals surface area contributed by atoms with Crippen LogP contribution in [0, 0.1) is 20.8 Å². The van der Waals surface area contributed by atoms with Crippen LogP contribution in [0.3, 0.4) is 0 Å². The minimum atomic E-state index is -0.227. The number of aromatic nitrogens is 2. The largest absolute Gasteiger partial charge is 0.484 e. The number of benzene rings is 3. The average Bonchev–Trinajstić information content (AvgIpc) is 3.31. The van der Waals surface area contributed by atoms with E-state index in [0.717, 1.165) is 39.0 Å². The minimum absolute atomic E-state index is 0.0705. The molecule has 0 atom stereocenters. The van der Waals surface area contributed by atoms with E-state index >= 15 is 0 Å². The lowest BCUT2D eigenvalue weighted by Crippen LogP contribution is -2.22. The van der Waals surface area contributed by atoms with E-state index in [1.807, 2.05) is 75.4 Å². The highest BCUT2D eigenvalue weighted by molar-refractivity contribution is 7.15. The third kappa shape index (κ3) is 4.30. The van der Waals surface area contributed by atoms with Crippen LogP contribution in [0.25, 0.3) is 22.1 Å². The topological polar surface area (TPSA) is 72.7 Å². The Morgan fingerprint density at radius 2 is 1.74 bits per heavy atom. The first-order valence-corrected chi connectivity index (χ1v) is 11.7. The second-order valence-corrected chi connectivity index (χ2v) is 9.35. The van der Waals surface area contributed by atoms with Crippen molar-refractivity contribution in [3.05, 3.63) is 97.8 Å². The molecule has 2 heterocycles. The molecular formula is C27H23N3O3S. The maximum atomic E-state index is 13.1. The van der Waals surface area contributed by atoms with Crippen molar-refractivity contribution in [2.24, 2.45) is 0 Å². The number of carbonyl (C=O) groups excluding carboxylic acids is 1. The summed E-state index contributed by atoms with van der Waals surface area (Å²) in [6.45, 7) is 5.99. The fourth-order valence-electron chi connectivity index (χ4n) is 3.71. The zero-order chi connectivity index (χ0) is 23.8. The highest BCUT2D eigenvalue weighted by Gasteiger charge is 2.12. The summed E-state index contributed by atoms with van der Waals surface area (Å²) in [4.78, 5) is 30.5. The van der Waals surface area contributed by atoms with Crippen molar-refractivity contribution in [3.8, 4) is 5.75 Å². The normalized spacial score (nSPS) is 11.9. The summed E-state index contributed by atoms with van der Waals surface area (Å²) in [7, 11) is 0. The van der Waals surface area contributed by atoms with E-state index in [1.54, 1.807) is 16.5 Å². The van der Waals surface area contributed by atoms with Crippen LogP contribution in [0.5, 0.6) is 5.75 Å². The van der Waals surface area contributed by atoms with Gasteiger partial charge in [-0.15, -0.1) is 0 Å². The Morgan fingerprint density at radius 3 is 2.47 bits per heavy atom. The van der Waals surface area contributed by atoms with Crippen LogP contribution in [-0.4, -0.2) is 21.9 Å². The number of hydrogen-bond donors (Lipinski definition) is 1. The number of amides is 1. The van der Waals surface area contributed by atoms with Gasteiger partial charge in [-0.2, -0.15) is 0 Å². The van der Waals surface area contributed by atoms with Gasteiger partial charge in [0.15, 0.2) is 11.6 Å². The number of hydrogen-bond acceptors (Lipinski definition) is 5. The van der Waals surface area contributed by atoms with Crippen molar-refractivity contribution in [1.82, 2.24) is 9.38 Å². The second-order valence-electron chi connectivity index (χ2n) is 8.34. The zero-order valence-electron chi connectivity index (χ0n) is 19.1. The molecule has 34 heavy (non-hydrogen) atoms. The molecule has 7 heteroatoms. The molecule has 5 rings (SSSR count). The highest BCUT2D eigenvalue weighted by Crippen LogP contribution is 2.21. The SMILES string of the molecule is Cc1ccc(NC(=O)COc2ccc(/C=c3\sc4nc5cc(C)c(C)cc5n4c3=O)cc2)cc1. The summed E-state index contributed by atoms with van der Waals surface area (Å²) < 4.78 is 7.90. The Morgan fingerprint density at radius 1 is 1.03 bits per heavy atom. The lowest BCUT2D eigenvalue weighted by molar-refractivity contribution is -0.118. The Balaban J connectivity index is 1.31. The number of aryl methyl sites for hydroxylation is 3. The number of anilines is 1. The Hall–Kier alpha value is -3.97. The van der Waals surface area contributed by atoms with Crippen LogP contribution in [0.15, 0.2) is 65.5 Å². The predicted octanol–water partition coefficient (Wildman–Crippen LogP) is 4.40. The molecule has 0 aliphatic heterocycles. The molecule has 170 valence electrons. The van der Waals surface area contributed by atoms with Gasteiger partial charge >= 0.3 is 0 Å². The van der Waals surface area contributed by atoms with Gasteiger partial charge < -0.3 is 10.1 Å². The van der Waals surface area contributed by atoms with E-state index in [1.165, 1.54) is 11.3 Å². The molecule has 0 unspecified atom stereocenters. The van der Waals surface area contributed by atoms with E-state index in [2.05, 4.69) is 10.3 Å². The summed E-state index contributed by atoms with van der Waals surface area (Å²) in [5.41, 5.74) is 6.63. The molecule has 3 aromatic carbocycles. The molecule has 0 saturated carbocycles. The van der Waals surface area contributed by atoms with Crippen LogP contribution in [-0.2, 0) is 4.79 Å². The number of nitrogens with one attached hydrogen (secondary N) is 1. The van der Waals surface area contributed by atoms with Crippen molar-refractivity contribution in [2.45, 2.75) is 20.8 Å². The number of fused-ring (bicyclic) bond motifs is 3. The van der Waals surface area contributed by atoms with Crippen LogP contribution >= 0.6 is 11.3 Å². The lowest BCUT2D eigenvalue weighted by Gasteiger charge is -2.08. The molecule has 5 aromatic rings. The Bertz CT molecular complexity index is 1630. The van der Waals surface area contributed by atoms with Crippen molar-refractivity contribution in [2.75, 3.05) is 11.9 Å². The predicted molar refractivity (Wildman–Crippen MR) is 137 cm³/mol. The molecule has 0 saturated heterocycles. The maximum Gasteiger partial charge on any atom is 0.274 e. The second kappa shape index (κ2) is 8.76. The molecular weight excluding hydrogens is 446 g/mol. The van der Waals surface area contributed by atoms with Crippen LogP contribution in [0.1, 0.15) is 22.3 Å². The van der Waals surface area contributed by atoms with E-state index in [-0.39, 0.29) is 18.1 Å².